The van der Waals surface area contributed by atoms with E-state index in [1.807, 2.05) is 43.9 Å². The minimum atomic E-state index is 0.0541. The maximum absolute atomic E-state index is 12.6. The molecule has 2 atom stereocenters. The van der Waals surface area contributed by atoms with Crippen molar-refractivity contribution < 1.29 is 9.53 Å². The summed E-state index contributed by atoms with van der Waals surface area (Å²) >= 11 is 0. The monoisotopic (exact) mass is 286 g/mol. The Hall–Kier alpha value is -1.83. The molecule has 0 aromatic heterocycles. The highest BCUT2D eigenvalue weighted by Gasteiger charge is 2.26. The summed E-state index contributed by atoms with van der Waals surface area (Å²) in [5.74, 6) is 5.90. The number of ether oxygens (including phenoxy) is 1. The van der Waals surface area contributed by atoms with Crippen LogP contribution >= 0.6 is 0 Å². The van der Waals surface area contributed by atoms with Gasteiger partial charge in [-0.05, 0) is 44.5 Å². The van der Waals surface area contributed by atoms with Gasteiger partial charge in [-0.3, -0.25) is 4.79 Å². The predicted octanol–water partition coefficient (Wildman–Crippen LogP) is 1.55. The molecular formula is C17H22N2O2. The van der Waals surface area contributed by atoms with Crippen molar-refractivity contribution in [1.29, 1.82) is 0 Å². The van der Waals surface area contributed by atoms with E-state index in [-0.39, 0.29) is 18.1 Å². The molecular weight excluding hydrogens is 264 g/mol. The largest absolute Gasteiger partial charge is 0.372 e. The molecule has 2 rings (SSSR count). The summed E-state index contributed by atoms with van der Waals surface area (Å²) in [6, 6.07) is 5.62. The zero-order valence-corrected chi connectivity index (χ0v) is 12.8. The van der Waals surface area contributed by atoms with E-state index in [0.717, 1.165) is 11.1 Å². The third kappa shape index (κ3) is 3.84. The molecule has 0 saturated carbocycles. The van der Waals surface area contributed by atoms with Gasteiger partial charge in [-0.15, -0.1) is 0 Å². The van der Waals surface area contributed by atoms with Crippen LogP contribution in [-0.2, 0) is 4.74 Å². The summed E-state index contributed by atoms with van der Waals surface area (Å²) in [6.45, 7) is 7.55. The second kappa shape index (κ2) is 6.75. The zero-order chi connectivity index (χ0) is 15.4. The number of nitrogens with two attached hydrogens (primary N) is 1. The predicted molar refractivity (Wildman–Crippen MR) is 83.0 cm³/mol. The van der Waals surface area contributed by atoms with Gasteiger partial charge in [-0.1, -0.05) is 11.8 Å². The number of carbonyl (C=O) groups is 1. The third-order valence-corrected chi connectivity index (χ3v) is 3.51. The van der Waals surface area contributed by atoms with Gasteiger partial charge in [0.2, 0.25) is 0 Å². The molecule has 4 heteroatoms. The molecule has 1 fully saturated rings. The van der Waals surface area contributed by atoms with E-state index in [0.29, 0.717) is 25.2 Å². The minimum absolute atomic E-state index is 0.0541. The molecule has 0 bridgehead atoms. The Morgan fingerprint density at radius 1 is 1.38 bits per heavy atom. The molecule has 112 valence electrons. The van der Waals surface area contributed by atoms with E-state index in [9.17, 15) is 4.79 Å². The van der Waals surface area contributed by atoms with Gasteiger partial charge in [0, 0.05) is 24.2 Å². The Labute approximate surface area is 126 Å². The van der Waals surface area contributed by atoms with Gasteiger partial charge < -0.3 is 15.4 Å². The van der Waals surface area contributed by atoms with Gasteiger partial charge in [0.25, 0.3) is 5.91 Å². The number of hydrogen-bond acceptors (Lipinski definition) is 3. The Kier molecular flexibility index (Phi) is 5.00. The molecule has 0 radical (unpaired) electrons. The fraction of sp³-hybridized carbons (Fsp3) is 0.471. The van der Waals surface area contributed by atoms with Crippen LogP contribution in [0.2, 0.25) is 0 Å². The first-order valence-electron chi connectivity index (χ1n) is 7.25. The fourth-order valence-corrected chi connectivity index (χ4v) is 2.61. The smallest absolute Gasteiger partial charge is 0.254 e. The Balaban J connectivity index is 2.18. The van der Waals surface area contributed by atoms with Crippen molar-refractivity contribution in [3.05, 3.63) is 34.9 Å². The van der Waals surface area contributed by atoms with Crippen LogP contribution in [0, 0.1) is 18.8 Å². The highest BCUT2D eigenvalue weighted by Crippen LogP contribution is 2.16. The van der Waals surface area contributed by atoms with Crippen molar-refractivity contribution in [2.75, 3.05) is 19.6 Å². The van der Waals surface area contributed by atoms with Crippen molar-refractivity contribution in [3.8, 4) is 11.8 Å². The second-order valence-electron chi connectivity index (χ2n) is 5.50. The molecule has 1 aromatic carbocycles. The maximum Gasteiger partial charge on any atom is 0.254 e. The van der Waals surface area contributed by atoms with Gasteiger partial charge in [0.05, 0.1) is 18.8 Å². The quantitative estimate of drug-likeness (QED) is 0.797. The maximum atomic E-state index is 12.6. The van der Waals surface area contributed by atoms with E-state index >= 15 is 0 Å². The molecule has 1 saturated heterocycles. The van der Waals surface area contributed by atoms with E-state index < -0.39 is 0 Å². The summed E-state index contributed by atoms with van der Waals surface area (Å²) in [4.78, 5) is 14.4. The Morgan fingerprint density at radius 3 is 2.62 bits per heavy atom. The minimum Gasteiger partial charge on any atom is -0.372 e. The number of morpholine rings is 1. The Bertz CT molecular complexity index is 576. The van der Waals surface area contributed by atoms with Crippen molar-refractivity contribution in [2.45, 2.75) is 33.0 Å². The number of benzene rings is 1. The van der Waals surface area contributed by atoms with Crippen molar-refractivity contribution in [3.63, 3.8) is 0 Å². The van der Waals surface area contributed by atoms with E-state index in [1.54, 1.807) is 0 Å². The first-order chi connectivity index (χ1) is 10.0. The number of amides is 1. The lowest BCUT2D eigenvalue weighted by Crippen LogP contribution is -2.48. The summed E-state index contributed by atoms with van der Waals surface area (Å²) in [6.07, 6.45) is 0.155. The summed E-state index contributed by atoms with van der Waals surface area (Å²) in [5.41, 5.74) is 8.00. The van der Waals surface area contributed by atoms with Gasteiger partial charge in [0.15, 0.2) is 0 Å². The lowest BCUT2D eigenvalue weighted by atomic mass is 10.0. The van der Waals surface area contributed by atoms with Crippen LogP contribution in [0.1, 0.15) is 35.3 Å². The van der Waals surface area contributed by atoms with Crippen LogP contribution < -0.4 is 5.73 Å². The summed E-state index contributed by atoms with van der Waals surface area (Å²) < 4.78 is 5.67. The van der Waals surface area contributed by atoms with Crippen molar-refractivity contribution in [2.24, 2.45) is 5.73 Å². The molecule has 2 N–H and O–H groups in total. The molecule has 1 aliphatic heterocycles. The lowest BCUT2D eigenvalue weighted by Gasteiger charge is -2.35. The van der Waals surface area contributed by atoms with Gasteiger partial charge in [-0.2, -0.15) is 0 Å². The van der Waals surface area contributed by atoms with Crippen LogP contribution in [0.4, 0.5) is 0 Å². The second-order valence-corrected chi connectivity index (χ2v) is 5.50. The van der Waals surface area contributed by atoms with Gasteiger partial charge >= 0.3 is 0 Å². The van der Waals surface area contributed by atoms with E-state index in [2.05, 4.69) is 11.8 Å². The molecule has 2 unspecified atom stereocenters. The van der Waals surface area contributed by atoms with Crippen molar-refractivity contribution in [1.82, 2.24) is 4.90 Å². The van der Waals surface area contributed by atoms with Crippen LogP contribution in [-0.4, -0.2) is 42.6 Å². The zero-order valence-electron chi connectivity index (χ0n) is 12.8. The topological polar surface area (TPSA) is 55.6 Å². The SMILES string of the molecule is Cc1cc(C(=O)N2CC(C)OC(C)C2)ccc1C#CCN. The summed E-state index contributed by atoms with van der Waals surface area (Å²) in [5, 5.41) is 0. The van der Waals surface area contributed by atoms with Gasteiger partial charge in [-0.25, -0.2) is 0 Å². The molecule has 0 spiro atoms. The first kappa shape index (κ1) is 15.6. The fourth-order valence-electron chi connectivity index (χ4n) is 2.61. The molecule has 1 amide bonds. The van der Waals surface area contributed by atoms with E-state index in [1.165, 1.54) is 0 Å². The average Bonchev–Trinajstić information content (AvgIpc) is 2.44. The van der Waals surface area contributed by atoms with Crippen LogP contribution in [0.5, 0.6) is 0 Å². The van der Waals surface area contributed by atoms with Crippen LogP contribution in [0.25, 0.3) is 0 Å². The average molecular weight is 286 g/mol. The van der Waals surface area contributed by atoms with E-state index in [4.69, 9.17) is 10.5 Å². The summed E-state index contributed by atoms with van der Waals surface area (Å²) in [7, 11) is 0. The van der Waals surface area contributed by atoms with Crippen LogP contribution in [0.15, 0.2) is 18.2 Å². The third-order valence-electron chi connectivity index (χ3n) is 3.51. The molecule has 4 nitrogen and oxygen atoms in total. The highest BCUT2D eigenvalue weighted by molar-refractivity contribution is 5.94. The lowest BCUT2D eigenvalue weighted by molar-refractivity contribution is -0.0586. The number of carbonyl (C=O) groups excluding carboxylic acids is 1. The first-order valence-corrected chi connectivity index (χ1v) is 7.25. The van der Waals surface area contributed by atoms with Crippen molar-refractivity contribution >= 4 is 5.91 Å². The standard InChI is InChI=1S/C17H22N2O2/c1-12-9-16(7-6-15(12)5-4-8-18)17(20)19-10-13(2)21-14(3)11-19/h6-7,9,13-14H,8,10-11,18H2,1-3H3. The number of nitrogens with zero attached hydrogens (tertiary/aromatic N) is 1. The van der Waals surface area contributed by atoms with Gasteiger partial charge in [0.1, 0.15) is 0 Å². The molecule has 1 aromatic rings. The normalized spacial score (nSPS) is 21.6. The molecule has 1 heterocycles. The Morgan fingerprint density at radius 2 is 2.05 bits per heavy atom. The molecule has 0 aliphatic carbocycles. The van der Waals surface area contributed by atoms with Crippen LogP contribution in [0.3, 0.4) is 0 Å². The number of aryl methyl sites for hydroxylation is 1. The number of rotatable bonds is 1. The molecule has 1 aliphatic rings. The highest BCUT2D eigenvalue weighted by atomic mass is 16.5. The molecule has 21 heavy (non-hydrogen) atoms. The number of hydrogen-bond donors (Lipinski definition) is 1.